The van der Waals surface area contributed by atoms with Crippen LogP contribution in [0.5, 0.6) is 0 Å². The van der Waals surface area contributed by atoms with E-state index in [1.54, 1.807) is 0 Å². The number of furan rings is 1. The topological polar surface area (TPSA) is 56.7 Å². The van der Waals surface area contributed by atoms with Gasteiger partial charge in [0.25, 0.3) is 0 Å². The molecule has 10 rings (SSSR count). The molecule has 0 saturated carbocycles. The molecule has 10 aromatic rings. The van der Waals surface area contributed by atoms with E-state index in [9.17, 15) is 0 Å². The number of benzene rings is 7. The quantitative estimate of drug-likeness (QED) is 0.188. The Kier molecular flexibility index (Phi) is 6.42. The number of hydrogen-bond acceptors (Lipinski definition) is 4. The van der Waals surface area contributed by atoms with Crippen LogP contribution in [0.4, 0.5) is 0 Å². The molecule has 0 aliphatic rings. The molecule has 0 radical (unpaired) electrons. The molecule has 7 aromatic carbocycles. The summed E-state index contributed by atoms with van der Waals surface area (Å²) in [6.45, 7) is 0. The van der Waals surface area contributed by atoms with Crippen LogP contribution in [0.25, 0.3) is 94.7 Å². The lowest BCUT2D eigenvalue weighted by Gasteiger charge is -2.11. The number of nitrogens with zero attached hydrogens (tertiary/aromatic N) is 4. The Balaban J connectivity index is 1.17. The van der Waals surface area contributed by atoms with E-state index in [2.05, 4.69) is 114 Å². The highest BCUT2D eigenvalue weighted by atomic mass is 16.3. The van der Waals surface area contributed by atoms with E-state index in [1.807, 2.05) is 60.7 Å². The van der Waals surface area contributed by atoms with Gasteiger partial charge in [-0.25, -0.2) is 15.0 Å². The van der Waals surface area contributed by atoms with Gasteiger partial charge in [-0.15, -0.1) is 0 Å². The number of aromatic nitrogens is 4. The van der Waals surface area contributed by atoms with Crippen molar-refractivity contribution in [3.05, 3.63) is 170 Å². The number of rotatable bonds is 5. The zero-order valence-electron chi connectivity index (χ0n) is 26.9. The summed E-state index contributed by atoms with van der Waals surface area (Å²) in [7, 11) is 0. The van der Waals surface area contributed by atoms with Gasteiger partial charge in [0.2, 0.25) is 0 Å². The van der Waals surface area contributed by atoms with Crippen molar-refractivity contribution in [3.8, 4) is 51.0 Å². The lowest BCUT2D eigenvalue weighted by atomic mass is 9.97. The Morgan fingerprint density at radius 1 is 0.360 bits per heavy atom. The first-order valence-electron chi connectivity index (χ1n) is 16.7. The second kappa shape index (κ2) is 11.4. The van der Waals surface area contributed by atoms with Gasteiger partial charge in [-0.2, -0.15) is 0 Å². The number of hydrogen-bond donors (Lipinski definition) is 0. The molecule has 5 heteroatoms. The Morgan fingerprint density at radius 2 is 0.840 bits per heavy atom. The van der Waals surface area contributed by atoms with Crippen molar-refractivity contribution in [2.45, 2.75) is 0 Å². The van der Waals surface area contributed by atoms with Crippen LogP contribution >= 0.6 is 0 Å². The van der Waals surface area contributed by atoms with Crippen molar-refractivity contribution in [1.82, 2.24) is 19.5 Å². The standard InChI is InChI=1S/C45H28N4O/c1-3-13-29(14-4-1)33-19-11-23-39-41(33)42-36(20-12-24-40(42)50-39)45-47-43(30-15-5-2-6-16-30)46-44(48-45)31-25-27-32(28-26-31)49-37-21-9-7-17-34(37)35-18-8-10-22-38(35)49/h1-28H. The second-order valence-electron chi connectivity index (χ2n) is 12.4. The van der Waals surface area contributed by atoms with E-state index in [-0.39, 0.29) is 0 Å². The van der Waals surface area contributed by atoms with Gasteiger partial charge in [0.05, 0.1) is 11.0 Å². The molecule has 0 aliphatic carbocycles. The van der Waals surface area contributed by atoms with Gasteiger partial charge in [0, 0.05) is 43.9 Å². The van der Waals surface area contributed by atoms with Crippen molar-refractivity contribution < 1.29 is 4.42 Å². The number of fused-ring (bicyclic) bond motifs is 6. The van der Waals surface area contributed by atoms with Crippen molar-refractivity contribution in [2.75, 3.05) is 0 Å². The maximum absolute atomic E-state index is 6.44. The molecule has 5 nitrogen and oxygen atoms in total. The molecule has 0 saturated heterocycles. The van der Waals surface area contributed by atoms with Gasteiger partial charge in [0.1, 0.15) is 11.2 Å². The van der Waals surface area contributed by atoms with Crippen LogP contribution < -0.4 is 0 Å². The number of para-hydroxylation sites is 2. The van der Waals surface area contributed by atoms with Crippen LogP contribution in [-0.2, 0) is 0 Å². The SMILES string of the molecule is c1ccc(-c2nc(-c3ccc(-n4c5ccccc5c5ccccc54)cc3)nc(-c3cccc4oc5cccc(-c6ccccc6)c5c34)n2)cc1. The Morgan fingerprint density at radius 3 is 1.46 bits per heavy atom. The first kappa shape index (κ1) is 28.2. The summed E-state index contributed by atoms with van der Waals surface area (Å²) in [6.07, 6.45) is 0. The molecule has 3 heterocycles. The predicted octanol–water partition coefficient (Wildman–Crippen LogP) is 11.5. The van der Waals surface area contributed by atoms with Crippen LogP contribution in [0.1, 0.15) is 0 Å². The molecule has 0 unspecified atom stereocenters. The van der Waals surface area contributed by atoms with Crippen LogP contribution in [0, 0.1) is 0 Å². The van der Waals surface area contributed by atoms with Crippen molar-refractivity contribution >= 4 is 43.7 Å². The molecular formula is C45H28N4O. The van der Waals surface area contributed by atoms with E-state index >= 15 is 0 Å². The Hall–Kier alpha value is -6.85. The van der Waals surface area contributed by atoms with Gasteiger partial charge in [-0.1, -0.05) is 121 Å². The first-order valence-corrected chi connectivity index (χ1v) is 16.7. The average Bonchev–Trinajstić information content (AvgIpc) is 3.75. The summed E-state index contributed by atoms with van der Waals surface area (Å²) in [4.78, 5) is 15.3. The maximum atomic E-state index is 6.44. The molecule has 0 fully saturated rings. The molecule has 0 aliphatic heterocycles. The van der Waals surface area contributed by atoms with Crippen LogP contribution in [-0.4, -0.2) is 19.5 Å². The molecule has 0 bridgehead atoms. The summed E-state index contributed by atoms with van der Waals surface area (Å²) in [5, 5.41) is 4.50. The summed E-state index contributed by atoms with van der Waals surface area (Å²) < 4.78 is 8.76. The van der Waals surface area contributed by atoms with Gasteiger partial charge < -0.3 is 8.98 Å². The summed E-state index contributed by atoms with van der Waals surface area (Å²) in [5.74, 6) is 1.82. The van der Waals surface area contributed by atoms with Gasteiger partial charge >= 0.3 is 0 Å². The molecule has 50 heavy (non-hydrogen) atoms. The van der Waals surface area contributed by atoms with E-state index in [1.165, 1.54) is 21.8 Å². The lowest BCUT2D eigenvalue weighted by Crippen LogP contribution is -2.01. The molecule has 0 amide bonds. The normalized spacial score (nSPS) is 11.6. The summed E-state index contributed by atoms with van der Waals surface area (Å²) >= 11 is 0. The van der Waals surface area contributed by atoms with Crippen molar-refractivity contribution in [1.29, 1.82) is 0 Å². The van der Waals surface area contributed by atoms with Gasteiger partial charge in [-0.3, -0.25) is 0 Å². The summed E-state index contributed by atoms with van der Waals surface area (Å²) in [5.41, 5.74) is 9.99. The minimum absolute atomic E-state index is 0.594. The molecule has 0 spiro atoms. The highest BCUT2D eigenvalue weighted by Gasteiger charge is 2.20. The zero-order valence-corrected chi connectivity index (χ0v) is 26.9. The van der Waals surface area contributed by atoms with Crippen LogP contribution in [0.2, 0.25) is 0 Å². The molecule has 3 aromatic heterocycles. The zero-order chi connectivity index (χ0) is 33.0. The largest absolute Gasteiger partial charge is 0.456 e. The van der Waals surface area contributed by atoms with Gasteiger partial charge in [-0.05, 0) is 59.7 Å². The fourth-order valence-electron chi connectivity index (χ4n) is 7.21. The van der Waals surface area contributed by atoms with E-state index in [0.717, 1.165) is 55.4 Å². The third-order valence-corrected chi connectivity index (χ3v) is 9.48. The Bertz CT molecular complexity index is 2800. The molecule has 0 N–H and O–H groups in total. The fourth-order valence-corrected chi connectivity index (χ4v) is 7.21. The van der Waals surface area contributed by atoms with E-state index < -0.39 is 0 Å². The smallest absolute Gasteiger partial charge is 0.164 e. The third kappa shape index (κ3) is 4.52. The molecular weight excluding hydrogens is 613 g/mol. The van der Waals surface area contributed by atoms with E-state index in [0.29, 0.717) is 17.5 Å². The van der Waals surface area contributed by atoms with Crippen molar-refractivity contribution in [3.63, 3.8) is 0 Å². The highest BCUT2D eigenvalue weighted by Crippen LogP contribution is 2.41. The minimum Gasteiger partial charge on any atom is -0.456 e. The van der Waals surface area contributed by atoms with Crippen molar-refractivity contribution in [2.24, 2.45) is 0 Å². The van der Waals surface area contributed by atoms with E-state index in [4.69, 9.17) is 19.4 Å². The first-order chi connectivity index (χ1) is 24.8. The minimum atomic E-state index is 0.594. The average molecular weight is 641 g/mol. The molecule has 0 atom stereocenters. The lowest BCUT2D eigenvalue weighted by molar-refractivity contribution is 0.669. The predicted molar refractivity (Wildman–Crippen MR) is 203 cm³/mol. The monoisotopic (exact) mass is 640 g/mol. The highest BCUT2D eigenvalue weighted by molar-refractivity contribution is 6.17. The van der Waals surface area contributed by atoms with Gasteiger partial charge in [0.15, 0.2) is 17.5 Å². The maximum Gasteiger partial charge on any atom is 0.164 e. The molecule has 234 valence electrons. The van der Waals surface area contributed by atoms with Crippen LogP contribution in [0.3, 0.4) is 0 Å². The summed E-state index contributed by atoms with van der Waals surface area (Å²) in [6, 6.07) is 58.5. The van der Waals surface area contributed by atoms with Crippen LogP contribution in [0.15, 0.2) is 174 Å². The fraction of sp³-hybridized carbons (Fsp3) is 0. The second-order valence-corrected chi connectivity index (χ2v) is 12.4. The Labute approximate surface area is 287 Å². The third-order valence-electron chi connectivity index (χ3n) is 9.48.